The van der Waals surface area contributed by atoms with Gasteiger partial charge in [0.25, 0.3) is 5.91 Å². The highest BCUT2D eigenvalue weighted by Gasteiger charge is 2.18. The van der Waals surface area contributed by atoms with E-state index >= 15 is 0 Å². The van der Waals surface area contributed by atoms with E-state index in [0.29, 0.717) is 0 Å². The fourth-order valence-corrected chi connectivity index (χ4v) is 1.27. The van der Waals surface area contributed by atoms with Gasteiger partial charge in [-0.05, 0) is 32.0 Å². The number of phenols is 2. The van der Waals surface area contributed by atoms with Crippen LogP contribution in [0.3, 0.4) is 0 Å². The average molecular weight is 253 g/mol. The third-order valence-corrected chi connectivity index (χ3v) is 2.23. The Bertz CT molecular complexity index is 458. The molecule has 0 aliphatic rings. The molecule has 3 N–H and O–H groups in total. The van der Waals surface area contributed by atoms with Gasteiger partial charge in [-0.1, -0.05) is 0 Å². The molecule has 18 heavy (non-hydrogen) atoms. The Morgan fingerprint density at radius 2 is 2.00 bits per heavy atom. The molecule has 6 heteroatoms. The second-order valence-electron chi connectivity index (χ2n) is 3.65. The number of rotatable bonds is 4. The number of nitrogens with one attached hydrogen (secondary N) is 1. The van der Waals surface area contributed by atoms with Crippen LogP contribution in [-0.2, 0) is 9.53 Å². The minimum Gasteiger partial charge on any atom is -0.504 e. The first kappa shape index (κ1) is 13.8. The van der Waals surface area contributed by atoms with E-state index in [9.17, 15) is 14.7 Å². The molecule has 0 saturated heterocycles. The molecule has 1 amide bonds. The van der Waals surface area contributed by atoms with Gasteiger partial charge in [-0.2, -0.15) is 0 Å². The third kappa shape index (κ3) is 3.38. The summed E-state index contributed by atoms with van der Waals surface area (Å²) in [7, 11) is 0. The summed E-state index contributed by atoms with van der Waals surface area (Å²) < 4.78 is 4.74. The number of aromatic hydroxyl groups is 2. The van der Waals surface area contributed by atoms with Gasteiger partial charge in [0.15, 0.2) is 11.5 Å². The Labute approximate surface area is 104 Å². The van der Waals surface area contributed by atoms with Gasteiger partial charge in [-0.15, -0.1) is 0 Å². The molecule has 1 atom stereocenters. The fourth-order valence-electron chi connectivity index (χ4n) is 1.27. The van der Waals surface area contributed by atoms with Crippen molar-refractivity contribution in [2.24, 2.45) is 0 Å². The second-order valence-corrected chi connectivity index (χ2v) is 3.65. The Morgan fingerprint density at radius 3 is 2.56 bits per heavy atom. The normalized spacial score (nSPS) is 11.7. The predicted octanol–water partition coefficient (Wildman–Crippen LogP) is 0.779. The van der Waals surface area contributed by atoms with Gasteiger partial charge in [0.05, 0.1) is 6.61 Å². The molecule has 0 aliphatic heterocycles. The minimum atomic E-state index is -0.784. The maximum atomic E-state index is 11.7. The molecule has 0 heterocycles. The number of carbonyl (C=O) groups is 2. The number of ether oxygens (including phenoxy) is 1. The second kappa shape index (κ2) is 5.90. The van der Waals surface area contributed by atoms with Gasteiger partial charge in [-0.3, -0.25) is 4.79 Å². The summed E-state index contributed by atoms with van der Waals surface area (Å²) >= 11 is 0. The zero-order valence-corrected chi connectivity index (χ0v) is 10.1. The minimum absolute atomic E-state index is 0.140. The van der Waals surface area contributed by atoms with Crippen molar-refractivity contribution in [1.82, 2.24) is 5.32 Å². The van der Waals surface area contributed by atoms with Crippen molar-refractivity contribution in [2.75, 3.05) is 6.61 Å². The Balaban J connectivity index is 2.70. The van der Waals surface area contributed by atoms with Crippen molar-refractivity contribution in [3.63, 3.8) is 0 Å². The molecule has 0 aromatic heterocycles. The van der Waals surface area contributed by atoms with Crippen molar-refractivity contribution in [3.05, 3.63) is 23.8 Å². The van der Waals surface area contributed by atoms with Crippen LogP contribution >= 0.6 is 0 Å². The summed E-state index contributed by atoms with van der Waals surface area (Å²) in [6.45, 7) is 3.40. The van der Waals surface area contributed by atoms with Crippen molar-refractivity contribution < 1.29 is 24.5 Å². The van der Waals surface area contributed by atoms with E-state index in [1.54, 1.807) is 6.92 Å². The van der Waals surface area contributed by atoms with Crippen LogP contribution in [-0.4, -0.2) is 34.7 Å². The Kier molecular flexibility index (Phi) is 4.53. The van der Waals surface area contributed by atoms with Crippen LogP contribution < -0.4 is 5.32 Å². The maximum absolute atomic E-state index is 11.7. The number of esters is 1. The molecule has 0 saturated carbocycles. The van der Waals surface area contributed by atoms with Gasteiger partial charge >= 0.3 is 5.97 Å². The molecule has 98 valence electrons. The number of carbonyl (C=O) groups excluding carboxylic acids is 2. The summed E-state index contributed by atoms with van der Waals surface area (Å²) in [6.07, 6.45) is 0. The SMILES string of the molecule is CCOC(=O)C(C)NC(=O)c1ccc(O)c(O)c1. The molecule has 1 aromatic carbocycles. The zero-order chi connectivity index (χ0) is 13.7. The highest BCUT2D eigenvalue weighted by molar-refractivity contribution is 5.97. The number of hydrogen-bond donors (Lipinski definition) is 3. The van der Waals surface area contributed by atoms with Gasteiger partial charge in [0, 0.05) is 5.56 Å². The lowest BCUT2D eigenvalue weighted by atomic mass is 10.2. The number of benzene rings is 1. The molecule has 1 unspecified atom stereocenters. The smallest absolute Gasteiger partial charge is 0.328 e. The molecule has 0 aliphatic carbocycles. The van der Waals surface area contributed by atoms with E-state index in [-0.39, 0.29) is 17.9 Å². The molecule has 6 nitrogen and oxygen atoms in total. The van der Waals surface area contributed by atoms with E-state index in [4.69, 9.17) is 9.84 Å². The first-order valence-corrected chi connectivity index (χ1v) is 5.45. The average Bonchev–Trinajstić information content (AvgIpc) is 2.32. The van der Waals surface area contributed by atoms with Gasteiger partial charge in [-0.25, -0.2) is 4.79 Å². The summed E-state index contributed by atoms with van der Waals surface area (Å²) in [5.41, 5.74) is 0.140. The summed E-state index contributed by atoms with van der Waals surface area (Å²) in [5.74, 6) is -1.78. The van der Waals surface area contributed by atoms with Crippen molar-refractivity contribution in [1.29, 1.82) is 0 Å². The van der Waals surface area contributed by atoms with Gasteiger partial charge < -0.3 is 20.3 Å². The lowest BCUT2D eigenvalue weighted by Crippen LogP contribution is -2.39. The Morgan fingerprint density at radius 1 is 1.33 bits per heavy atom. The molecule has 0 fully saturated rings. The molecule has 0 bridgehead atoms. The maximum Gasteiger partial charge on any atom is 0.328 e. The largest absolute Gasteiger partial charge is 0.504 e. The molecular weight excluding hydrogens is 238 g/mol. The van der Waals surface area contributed by atoms with Gasteiger partial charge in [0.2, 0.25) is 0 Å². The summed E-state index contributed by atoms with van der Waals surface area (Å²) in [6, 6.07) is 2.86. The predicted molar refractivity (Wildman–Crippen MR) is 63.3 cm³/mol. The summed E-state index contributed by atoms with van der Waals surface area (Å²) in [5, 5.41) is 20.8. The molecule has 1 rings (SSSR count). The highest BCUT2D eigenvalue weighted by atomic mass is 16.5. The lowest BCUT2D eigenvalue weighted by molar-refractivity contribution is -0.144. The Hall–Kier alpha value is -2.24. The van der Waals surface area contributed by atoms with E-state index in [1.165, 1.54) is 19.1 Å². The number of amides is 1. The standard InChI is InChI=1S/C12H15NO5/c1-3-18-12(17)7(2)13-11(16)8-4-5-9(14)10(15)6-8/h4-7,14-15H,3H2,1-2H3,(H,13,16). The van der Waals surface area contributed by atoms with E-state index in [2.05, 4.69) is 5.32 Å². The van der Waals surface area contributed by atoms with E-state index < -0.39 is 23.7 Å². The molecular formula is C12H15NO5. The molecule has 0 radical (unpaired) electrons. The summed E-state index contributed by atoms with van der Waals surface area (Å²) in [4.78, 5) is 23.0. The van der Waals surface area contributed by atoms with Crippen LogP contribution in [0.15, 0.2) is 18.2 Å². The quantitative estimate of drug-likeness (QED) is 0.544. The van der Waals surface area contributed by atoms with Crippen molar-refractivity contribution in [3.8, 4) is 11.5 Å². The van der Waals surface area contributed by atoms with Crippen LogP contribution in [0.4, 0.5) is 0 Å². The van der Waals surface area contributed by atoms with Crippen LogP contribution in [0.2, 0.25) is 0 Å². The fraction of sp³-hybridized carbons (Fsp3) is 0.333. The van der Waals surface area contributed by atoms with Crippen LogP contribution in [0, 0.1) is 0 Å². The zero-order valence-electron chi connectivity index (χ0n) is 10.1. The third-order valence-electron chi connectivity index (χ3n) is 2.23. The van der Waals surface area contributed by atoms with Crippen molar-refractivity contribution >= 4 is 11.9 Å². The van der Waals surface area contributed by atoms with Gasteiger partial charge in [0.1, 0.15) is 6.04 Å². The monoisotopic (exact) mass is 253 g/mol. The molecule has 1 aromatic rings. The van der Waals surface area contributed by atoms with Crippen molar-refractivity contribution in [2.45, 2.75) is 19.9 Å². The van der Waals surface area contributed by atoms with Crippen LogP contribution in [0.5, 0.6) is 11.5 Å². The highest BCUT2D eigenvalue weighted by Crippen LogP contribution is 2.24. The van der Waals surface area contributed by atoms with E-state index in [0.717, 1.165) is 6.07 Å². The van der Waals surface area contributed by atoms with Crippen LogP contribution in [0.25, 0.3) is 0 Å². The van der Waals surface area contributed by atoms with Crippen LogP contribution in [0.1, 0.15) is 24.2 Å². The molecule has 0 spiro atoms. The topological polar surface area (TPSA) is 95.9 Å². The lowest BCUT2D eigenvalue weighted by Gasteiger charge is -2.12. The first-order chi connectivity index (χ1) is 8.45. The number of hydrogen-bond acceptors (Lipinski definition) is 5. The number of phenolic OH excluding ortho intramolecular Hbond substituents is 2. The van der Waals surface area contributed by atoms with E-state index in [1.807, 2.05) is 0 Å². The first-order valence-electron chi connectivity index (χ1n) is 5.45.